The van der Waals surface area contributed by atoms with E-state index in [-0.39, 0.29) is 0 Å². The van der Waals surface area contributed by atoms with Crippen molar-refractivity contribution in [1.82, 2.24) is 0 Å². The Balaban J connectivity index is 2.71. The summed E-state index contributed by atoms with van der Waals surface area (Å²) < 4.78 is 5.29. The van der Waals surface area contributed by atoms with Crippen molar-refractivity contribution >= 4 is 31.1 Å². The first-order valence-electron chi connectivity index (χ1n) is 3.99. The van der Waals surface area contributed by atoms with Crippen LogP contribution in [0.4, 0.5) is 5.69 Å². The Hall–Kier alpha value is -0.586. The summed E-state index contributed by atoms with van der Waals surface area (Å²) in [5, 5.41) is 1.38. The first kappa shape index (κ1) is 9.50. The van der Waals surface area contributed by atoms with Crippen LogP contribution >= 0.6 is 0 Å². The Morgan fingerprint density at radius 1 is 1.25 bits per heavy atom. The fourth-order valence-electron chi connectivity index (χ4n) is 1.06. The van der Waals surface area contributed by atoms with Gasteiger partial charge in [0.1, 0.15) is 10.5 Å². The van der Waals surface area contributed by atoms with Crippen LogP contribution in [0.5, 0.6) is 0 Å². The van der Waals surface area contributed by atoms with E-state index in [9.17, 15) is 0 Å². The molecule has 1 rings (SSSR count). The van der Waals surface area contributed by atoms with Crippen molar-refractivity contribution in [3.8, 4) is 0 Å². The molecule has 0 unspecified atom stereocenters. The highest BCUT2D eigenvalue weighted by Crippen LogP contribution is 2.06. The Morgan fingerprint density at radius 2 is 1.83 bits per heavy atom. The summed E-state index contributed by atoms with van der Waals surface area (Å²) in [5.41, 5.74) is 1.25. The van der Waals surface area contributed by atoms with Gasteiger partial charge in [0.15, 0.2) is 9.76 Å². The predicted octanol–water partition coefficient (Wildman–Crippen LogP) is -1.24. The fraction of sp³-hybridized carbons (Fsp3) is 0.250. The quantitative estimate of drug-likeness (QED) is 0.562. The molecule has 0 aromatic heterocycles. The average Bonchev–Trinajstić information content (AvgIpc) is 2.06. The third-order valence-corrected chi connectivity index (χ3v) is 3.72. The minimum Gasteiger partial charge on any atom is -0.465 e. The van der Waals surface area contributed by atoms with Crippen molar-refractivity contribution < 1.29 is 4.12 Å². The first-order valence-corrected chi connectivity index (χ1v) is 6.09. The van der Waals surface area contributed by atoms with E-state index in [0.717, 1.165) is 10.5 Å². The second-order valence-electron chi connectivity index (χ2n) is 2.99. The van der Waals surface area contributed by atoms with E-state index in [1.54, 1.807) is 0 Å². The maximum atomic E-state index is 5.29. The minimum absolute atomic E-state index is 0.398. The van der Waals surface area contributed by atoms with Crippen LogP contribution in [0.15, 0.2) is 24.3 Å². The molecular formula is C8H15NOSi2. The zero-order valence-electron chi connectivity index (χ0n) is 7.87. The molecule has 0 aliphatic rings. The molecule has 12 heavy (non-hydrogen) atoms. The van der Waals surface area contributed by atoms with Crippen molar-refractivity contribution in [1.29, 1.82) is 0 Å². The summed E-state index contributed by atoms with van der Waals surface area (Å²) >= 11 is 0. The van der Waals surface area contributed by atoms with Gasteiger partial charge in [0.25, 0.3) is 0 Å². The largest absolute Gasteiger partial charge is 0.465 e. The van der Waals surface area contributed by atoms with Gasteiger partial charge in [-0.3, -0.25) is 0 Å². The van der Waals surface area contributed by atoms with Gasteiger partial charge in [-0.15, -0.1) is 0 Å². The Bertz CT molecular complexity index is 235. The van der Waals surface area contributed by atoms with Gasteiger partial charge in [-0.05, 0) is 17.3 Å². The molecule has 0 N–H and O–H groups in total. The van der Waals surface area contributed by atoms with Crippen LogP contribution in [0.3, 0.4) is 0 Å². The average molecular weight is 197 g/mol. The van der Waals surface area contributed by atoms with Crippen LogP contribution in [0.2, 0.25) is 0 Å². The Labute approximate surface area is 79.0 Å². The smallest absolute Gasteiger partial charge is 0.178 e. The number of rotatable bonds is 3. The van der Waals surface area contributed by atoms with Gasteiger partial charge in [-0.25, -0.2) is 0 Å². The van der Waals surface area contributed by atoms with Crippen LogP contribution in [-0.2, 0) is 4.12 Å². The van der Waals surface area contributed by atoms with Crippen molar-refractivity contribution in [3.05, 3.63) is 24.3 Å². The van der Waals surface area contributed by atoms with Crippen LogP contribution in [0.25, 0.3) is 0 Å². The van der Waals surface area contributed by atoms with E-state index < -0.39 is 9.76 Å². The summed E-state index contributed by atoms with van der Waals surface area (Å²) in [6, 6.07) is 8.62. The summed E-state index contributed by atoms with van der Waals surface area (Å²) in [4.78, 5) is 2.10. The number of hydrogen-bond acceptors (Lipinski definition) is 2. The number of hydrogen-bond donors (Lipinski definition) is 0. The van der Waals surface area contributed by atoms with Crippen LogP contribution in [0.1, 0.15) is 0 Å². The Kier molecular flexibility index (Phi) is 3.52. The predicted molar refractivity (Wildman–Crippen MR) is 60.0 cm³/mol. The van der Waals surface area contributed by atoms with Crippen LogP contribution < -0.4 is 10.1 Å². The SMILES string of the molecule is CN(C)c1ccc([SiH2]O[SiH3])cc1. The maximum absolute atomic E-state index is 5.29. The summed E-state index contributed by atoms with van der Waals surface area (Å²) in [5.74, 6) is 0. The topological polar surface area (TPSA) is 12.5 Å². The standard InChI is InChI=1S/C8H15NOSi2/c1-9(2)7-3-5-8(6-4-7)12-10-11/h3-6H,12H2,1-2,11H3. The molecule has 0 fully saturated rings. The monoisotopic (exact) mass is 197 g/mol. The highest BCUT2D eigenvalue weighted by molar-refractivity contribution is 6.50. The molecule has 0 amide bonds. The van der Waals surface area contributed by atoms with Crippen LogP contribution in [-0.4, -0.2) is 34.3 Å². The molecular weight excluding hydrogens is 182 g/mol. The molecule has 0 saturated carbocycles. The second-order valence-corrected chi connectivity index (χ2v) is 6.41. The van der Waals surface area contributed by atoms with E-state index in [0.29, 0.717) is 0 Å². The molecule has 1 aromatic carbocycles. The molecule has 2 nitrogen and oxygen atoms in total. The van der Waals surface area contributed by atoms with Crippen molar-refractivity contribution in [3.63, 3.8) is 0 Å². The third-order valence-electron chi connectivity index (χ3n) is 1.76. The summed E-state index contributed by atoms with van der Waals surface area (Å²) in [6.07, 6.45) is 0. The normalized spacial score (nSPS) is 11.2. The molecule has 0 aliphatic carbocycles. The molecule has 0 saturated heterocycles. The Morgan fingerprint density at radius 3 is 2.25 bits per heavy atom. The van der Waals surface area contributed by atoms with E-state index in [4.69, 9.17) is 4.12 Å². The number of nitrogens with zero attached hydrogens (tertiary/aromatic N) is 1. The van der Waals surface area contributed by atoms with Gasteiger partial charge in [0.2, 0.25) is 0 Å². The van der Waals surface area contributed by atoms with E-state index in [1.807, 2.05) is 0 Å². The van der Waals surface area contributed by atoms with E-state index in [1.165, 1.54) is 10.9 Å². The molecule has 4 heteroatoms. The lowest BCUT2D eigenvalue weighted by Gasteiger charge is -2.12. The molecule has 1 aromatic rings. The van der Waals surface area contributed by atoms with Gasteiger partial charge < -0.3 is 9.02 Å². The summed E-state index contributed by atoms with van der Waals surface area (Å²) in [6.45, 7) is 0. The molecule has 0 spiro atoms. The third kappa shape index (κ3) is 2.47. The van der Waals surface area contributed by atoms with E-state index in [2.05, 4.69) is 43.3 Å². The number of benzene rings is 1. The zero-order chi connectivity index (χ0) is 8.97. The van der Waals surface area contributed by atoms with Gasteiger partial charge in [0.05, 0.1) is 0 Å². The van der Waals surface area contributed by atoms with E-state index >= 15 is 0 Å². The van der Waals surface area contributed by atoms with Crippen molar-refractivity contribution in [2.24, 2.45) is 0 Å². The molecule has 0 heterocycles. The second kappa shape index (κ2) is 4.44. The first-order chi connectivity index (χ1) is 5.74. The molecule has 0 radical (unpaired) electrons. The lowest BCUT2D eigenvalue weighted by molar-refractivity contribution is 0.676. The molecule has 0 atom stereocenters. The lowest BCUT2D eigenvalue weighted by Crippen LogP contribution is -2.17. The van der Waals surface area contributed by atoms with Crippen molar-refractivity contribution in [2.75, 3.05) is 19.0 Å². The van der Waals surface area contributed by atoms with Crippen molar-refractivity contribution in [2.45, 2.75) is 0 Å². The van der Waals surface area contributed by atoms with Gasteiger partial charge in [-0.2, -0.15) is 0 Å². The van der Waals surface area contributed by atoms with Gasteiger partial charge >= 0.3 is 0 Å². The molecule has 0 aliphatic heterocycles. The van der Waals surface area contributed by atoms with Crippen LogP contribution in [0, 0.1) is 0 Å². The fourth-order valence-corrected chi connectivity index (χ4v) is 2.82. The van der Waals surface area contributed by atoms with Gasteiger partial charge in [0, 0.05) is 19.8 Å². The highest BCUT2D eigenvalue weighted by Gasteiger charge is 1.95. The minimum atomic E-state index is -0.398. The highest BCUT2D eigenvalue weighted by atomic mass is 28.3. The molecule has 0 bridgehead atoms. The maximum Gasteiger partial charge on any atom is 0.178 e. The van der Waals surface area contributed by atoms with Gasteiger partial charge in [-0.1, -0.05) is 12.1 Å². The lowest BCUT2D eigenvalue weighted by atomic mass is 10.3. The summed E-state index contributed by atoms with van der Waals surface area (Å²) in [7, 11) is 4.57. The molecule has 66 valence electrons. The number of anilines is 1. The zero-order valence-corrected chi connectivity index (χ0v) is 11.3.